The first-order valence-corrected chi connectivity index (χ1v) is 4.27. The van der Waals surface area contributed by atoms with Gasteiger partial charge in [-0.05, 0) is 25.8 Å². The molecule has 11 heavy (non-hydrogen) atoms. The monoisotopic (exact) mass is 154 g/mol. The Kier molecular flexibility index (Phi) is 1.55. The van der Waals surface area contributed by atoms with E-state index in [0.717, 1.165) is 12.8 Å². The van der Waals surface area contributed by atoms with E-state index in [1.165, 1.54) is 0 Å². The molecule has 0 N–H and O–H groups in total. The van der Waals surface area contributed by atoms with Crippen LogP contribution in [0, 0.1) is 0 Å². The third-order valence-electron chi connectivity index (χ3n) is 2.38. The molecule has 0 aromatic carbocycles. The van der Waals surface area contributed by atoms with Gasteiger partial charge in [-0.1, -0.05) is 13.0 Å². The second kappa shape index (κ2) is 2.32. The highest BCUT2D eigenvalue weighted by Crippen LogP contribution is 2.36. The first kappa shape index (κ1) is 7.32. The lowest BCUT2D eigenvalue weighted by Gasteiger charge is -2.21. The Morgan fingerprint density at radius 2 is 2.36 bits per heavy atom. The van der Waals surface area contributed by atoms with Crippen LogP contribution in [0.4, 0.5) is 0 Å². The Labute approximate surface area is 67.2 Å². The van der Waals surface area contributed by atoms with E-state index < -0.39 is 5.79 Å². The molecule has 2 aliphatic heterocycles. The summed E-state index contributed by atoms with van der Waals surface area (Å²) < 4.78 is 11.4. The fourth-order valence-corrected chi connectivity index (χ4v) is 1.82. The molecule has 0 radical (unpaired) electrons. The van der Waals surface area contributed by atoms with Gasteiger partial charge in [0.1, 0.15) is 0 Å². The summed E-state index contributed by atoms with van der Waals surface area (Å²) in [7, 11) is 0. The van der Waals surface area contributed by atoms with E-state index in [9.17, 15) is 0 Å². The molecule has 2 rings (SSSR count). The molecule has 2 nitrogen and oxygen atoms in total. The minimum absolute atomic E-state index is 0.301. The van der Waals surface area contributed by atoms with Crippen molar-refractivity contribution in [2.45, 2.75) is 44.7 Å². The molecule has 2 aliphatic rings. The minimum Gasteiger partial charge on any atom is -0.341 e. The minimum atomic E-state index is -0.413. The molecule has 2 bridgehead atoms. The lowest BCUT2D eigenvalue weighted by Crippen LogP contribution is -2.26. The smallest absolute Gasteiger partial charge is 0.185 e. The van der Waals surface area contributed by atoms with Crippen molar-refractivity contribution in [2.75, 3.05) is 0 Å². The van der Waals surface area contributed by atoms with Gasteiger partial charge in [0.25, 0.3) is 0 Å². The van der Waals surface area contributed by atoms with Crippen LogP contribution in [0.1, 0.15) is 26.7 Å². The first-order valence-electron chi connectivity index (χ1n) is 4.27. The van der Waals surface area contributed by atoms with Crippen LogP contribution in [-0.2, 0) is 9.47 Å². The summed E-state index contributed by atoms with van der Waals surface area (Å²) in [4.78, 5) is 0. The second-order valence-corrected chi connectivity index (χ2v) is 3.37. The third kappa shape index (κ3) is 1.10. The molecule has 0 aliphatic carbocycles. The molecular formula is C9H14O2. The maximum absolute atomic E-state index is 5.71. The zero-order chi connectivity index (χ0) is 7.90. The number of hydrogen-bond acceptors (Lipinski definition) is 2. The molecule has 0 aromatic rings. The highest BCUT2D eigenvalue weighted by molar-refractivity contribution is 5.05. The van der Waals surface area contributed by atoms with E-state index in [-0.39, 0.29) is 0 Å². The first-order chi connectivity index (χ1) is 5.23. The van der Waals surface area contributed by atoms with E-state index in [0.29, 0.717) is 12.2 Å². The molecule has 0 saturated carbocycles. The van der Waals surface area contributed by atoms with Gasteiger partial charge >= 0.3 is 0 Å². The number of fused-ring (bicyclic) bond motifs is 2. The van der Waals surface area contributed by atoms with Gasteiger partial charge in [-0.2, -0.15) is 0 Å². The fraction of sp³-hybridized carbons (Fsp3) is 0.778. The second-order valence-electron chi connectivity index (χ2n) is 3.37. The van der Waals surface area contributed by atoms with Crippen LogP contribution in [0.3, 0.4) is 0 Å². The van der Waals surface area contributed by atoms with E-state index in [1.807, 2.05) is 13.0 Å². The lowest BCUT2D eigenvalue weighted by molar-refractivity contribution is -0.125. The number of hydrogen-bond donors (Lipinski definition) is 0. The Morgan fingerprint density at radius 1 is 1.55 bits per heavy atom. The highest BCUT2D eigenvalue weighted by Gasteiger charge is 2.43. The van der Waals surface area contributed by atoms with E-state index in [4.69, 9.17) is 9.47 Å². The summed E-state index contributed by atoms with van der Waals surface area (Å²) in [6.45, 7) is 4.11. The summed E-state index contributed by atoms with van der Waals surface area (Å²) in [5.74, 6) is -0.413. The highest BCUT2D eigenvalue weighted by atomic mass is 16.8. The van der Waals surface area contributed by atoms with Gasteiger partial charge in [-0.3, -0.25) is 0 Å². The van der Waals surface area contributed by atoms with Gasteiger partial charge in [0.05, 0.1) is 12.2 Å². The number of rotatable bonds is 1. The van der Waals surface area contributed by atoms with Crippen LogP contribution < -0.4 is 0 Å². The summed E-state index contributed by atoms with van der Waals surface area (Å²) in [5.41, 5.74) is 0. The average molecular weight is 154 g/mol. The van der Waals surface area contributed by atoms with E-state index in [2.05, 4.69) is 13.0 Å². The zero-order valence-corrected chi connectivity index (χ0v) is 7.04. The molecule has 2 heterocycles. The van der Waals surface area contributed by atoms with E-state index >= 15 is 0 Å². The molecule has 1 saturated heterocycles. The molecule has 3 atom stereocenters. The van der Waals surface area contributed by atoms with Crippen LogP contribution in [0.5, 0.6) is 0 Å². The van der Waals surface area contributed by atoms with Crippen molar-refractivity contribution < 1.29 is 9.47 Å². The quantitative estimate of drug-likeness (QED) is 0.537. The molecule has 2 heteroatoms. The molecular weight excluding hydrogens is 140 g/mol. The molecule has 1 fully saturated rings. The number of ether oxygens (including phenoxy) is 2. The van der Waals surface area contributed by atoms with Crippen LogP contribution in [0.15, 0.2) is 12.2 Å². The van der Waals surface area contributed by atoms with Gasteiger partial charge in [0.15, 0.2) is 5.79 Å². The van der Waals surface area contributed by atoms with Gasteiger partial charge in [-0.15, -0.1) is 0 Å². The zero-order valence-electron chi connectivity index (χ0n) is 7.04. The summed E-state index contributed by atoms with van der Waals surface area (Å²) in [6.07, 6.45) is 6.82. The third-order valence-corrected chi connectivity index (χ3v) is 2.38. The predicted octanol–water partition coefficient (Wildman–Crippen LogP) is 1.86. The van der Waals surface area contributed by atoms with Gasteiger partial charge in [0.2, 0.25) is 0 Å². The Hall–Kier alpha value is -0.340. The average Bonchev–Trinajstić information content (AvgIpc) is 2.21. The van der Waals surface area contributed by atoms with Crippen LogP contribution >= 0.6 is 0 Å². The lowest BCUT2D eigenvalue weighted by atomic mass is 10.1. The Morgan fingerprint density at radius 3 is 3.00 bits per heavy atom. The van der Waals surface area contributed by atoms with Gasteiger partial charge in [-0.25, -0.2) is 0 Å². The normalized spacial score (nSPS) is 48.2. The summed E-state index contributed by atoms with van der Waals surface area (Å²) in [5, 5.41) is 0. The van der Waals surface area contributed by atoms with Crippen molar-refractivity contribution in [3.63, 3.8) is 0 Å². The van der Waals surface area contributed by atoms with Crippen LogP contribution in [0.2, 0.25) is 0 Å². The van der Waals surface area contributed by atoms with Crippen molar-refractivity contribution in [3.8, 4) is 0 Å². The molecule has 0 spiro atoms. The molecule has 62 valence electrons. The van der Waals surface area contributed by atoms with Crippen molar-refractivity contribution in [2.24, 2.45) is 0 Å². The predicted molar refractivity (Wildman–Crippen MR) is 42.2 cm³/mol. The maximum atomic E-state index is 5.71. The molecule has 0 amide bonds. The summed E-state index contributed by atoms with van der Waals surface area (Å²) in [6, 6.07) is 0. The van der Waals surface area contributed by atoms with Crippen LogP contribution in [-0.4, -0.2) is 18.0 Å². The topological polar surface area (TPSA) is 18.5 Å². The largest absolute Gasteiger partial charge is 0.341 e. The fourth-order valence-electron chi connectivity index (χ4n) is 1.82. The Balaban J connectivity index is 2.18. The van der Waals surface area contributed by atoms with Crippen molar-refractivity contribution in [3.05, 3.63) is 12.2 Å². The molecule has 0 unspecified atom stereocenters. The standard InChI is InChI=1S/C9H14O2/c1-3-7-8-5-4-6-9(2,10-7)11-8/h4,6-8H,3,5H2,1-2H3/t7-,8-,9+/m0/s1. The van der Waals surface area contributed by atoms with Gasteiger partial charge < -0.3 is 9.47 Å². The van der Waals surface area contributed by atoms with Crippen LogP contribution in [0.25, 0.3) is 0 Å². The SMILES string of the molecule is CC[C@@H]1O[C@@]2(C)C=CC[C@@H]1O2. The van der Waals surface area contributed by atoms with Crippen molar-refractivity contribution >= 4 is 0 Å². The Bertz CT molecular complexity index is 188. The van der Waals surface area contributed by atoms with Crippen molar-refractivity contribution in [1.82, 2.24) is 0 Å². The summed E-state index contributed by atoms with van der Waals surface area (Å²) >= 11 is 0. The van der Waals surface area contributed by atoms with Gasteiger partial charge in [0, 0.05) is 0 Å². The maximum Gasteiger partial charge on any atom is 0.185 e. The van der Waals surface area contributed by atoms with Crippen molar-refractivity contribution in [1.29, 1.82) is 0 Å². The molecule has 0 aromatic heterocycles. The van der Waals surface area contributed by atoms with E-state index in [1.54, 1.807) is 0 Å².